The molecule has 0 radical (unpaired) electrons. The first-order valence-corrected chi connectivity index (χ1v) is 0.612. The summed E-state index contributed by atoms with van der Waals surface area (Å²) in [6.45, 7) is 0. The minimum atomic E-state index is -2.33. The zero-order valence-corrected chi connectivity index (χ0v) is 13.0. The standard InChI is InChI=1S/CH2O3.2K.Na/c2-1(3)4;;;/h(H2,2,3,4);;;/q;3*+1/p-2. The van der Waals surface area contributed by atoms with Gasteiger partial charge < -0.3 is 15.0 Å². The Kier molecular flexibility index (Phi) is 52.1. The molecule has 7 heavy (non-hydrogen) atoms. The molecule has 6 heteroatoms. The number of carbonyl (C=O) groups excluding carboxylic acids is 1. The van der Waals surface area contributed by atoms with Gasteiger partial charge in [-0.15, -0.1) is 0 Å². The first kappa shape index (κ1) is 22.4. The van der Waals surface area contributed by atoms with Gasteiger partial charge in [-0.3, -0.25) is 0 Å². The van der Waals surface area contributed by atoms with Crippen LogP contribution in [-0.4, -0.2) is 6.16 Å². The molecule has 3 nitrogen and oxygen atoms in total. The predicted octanol–water partition coefficient (Wildman–Crippen LogP) is -11.4. The third-order valence-electron chi connectivity index (χ3n) is 0. The Morgan fingerprint density at radius 3 is 1.14 bits per heavy atom. The minimum absolute atomic E-state index is 0. The van der Waals surface area contributed by atoms with E-state index in [1.54, 1.807) is 0 Å². The van der Waals surface area contributed by atoms with Gasteiger partial charge >= 0.3 is 132 Å². The van der Waals surface area contributed by atoms with Crippen LogP contribution in [0.1, 0.15) is 0 Å². The summed E-state index contributed by atoms with van der Waals surface area (Å²) in [7, 11) is 0. The van der Waals surface area contributed by atoms with E-state index in [-0.39, 0.29) is 132 Å². The maximum absolute atomic E-state index is 8.33. The van der Waals surface area contributed by atoms with E-state index in [1.807, 2.05) is 0 Å². The van der Waals surface area contributed by atoms with E-state index in [0.29, 0.717) is 0 Å². The van der Waals surface area contributed by atoms with Crippen LogP contribution in [0.4, 0.5) is 4.79 Å². The molecule has 0 atom stereocenters. The van der Waals surface area contributed by atoms with Crippen LogP contribution >= 0.6 is 0 Å². The summed E-state index contributed by atoms with van der Waals surface area (Å²) in [4.78, 5) is 8.33. The molecule has 0 aliphatic heterocycles. The SMILES string of the molecule is O=C([O-])[O-].[K+].[K+].[Na+]. The first-order chi connectivity index (χ1) is 1.73. The van der Waals surface area contributed by atoms with Crippen molar-refractivity contribution in [1.29, 1.82) is 0 Å². The second-order valence-corrected chi connectivity index (χ2v) is 0.250. The van der Waals surface area contributed by atoms with E-state index in [2.05, 4.69) is 0 Å². The van der Waals surface area contributed by atoms with Crippen molar-refractivity contribution in [1.82, 2.24) is 0 Å². The van der Waals surface area contributed by atoms with Gasteiger partial charge in [0, 0.05) is 0 Å². The Balaban J connectivity index is -0.0000000150. The molecule has 0 N–H and O–H groups in total. The third-order valence-corrected chi connectivity index (χ3v) is 0. The summed E-state index contributed by atoms with van der Waals surface area (Å²) < 4.78 is 0. The summed E-state index contributed by atoms with van der Waals surface area (Å²) in [5.74, 6) is 0. The summed E-state index contributed by atoms with van der Waals surface area (Å²) in [6, 6.07) is 0. The molecule has 24 valence electrons. The van der Waals surface area contributed by atoms with Crippen molar-refractivity contribution in [3.63, 3.8) is 0 Å². The zero-order chi connectivity index (χ0) is 3.58. The molecule has 0 aromatic rings. The monoisotopic (exact) mass is 161 g/mol. The number of hydrogen-bond acceptors (Lipinski definition) is 3. The van der Waals surface area contributed by atoms with Crippen molar-refractivity contribution in [3.8, 4) is 0 Å². The quantitative estimate of drug-likeness (QED) is 0.331. The molecule has 0 saturated carbocycles. The Morgan fingerprint density at radius 1 is 1.14 bits per heavy atom. The number of carbonyl (C=O) groups is 1. The van der Waals surface area contributed by atoms with Crippen molar-refractivity contribution in [2.75, 3.05) is 0 Å². The molecule has 0 aromatic heterocycles. The fourth-order valence-corrected chi connectivity index (χ4v) is 0. The molecule has 0 aliphatic rings. The normalized spacial score (nSPS) is 3.43. The Labute approximate surface area is 149 Å². The van der Waals surface area contributed by atoms with Gasteiger partial charge in [0.1, 0.15) is 0 Å². The fraction of sp³-hybridized carbons (Fsp3) is 0. The van der Waals surface area contributed by atoms with E-state index >= 15 is 0 Å². The number of hydrogen-bond donors (Lipinski definition) is 0. The molecule has 0 fully saturated rings. The maximum Gasteiger partial charge on any atom is 1.00 e. The molecular formula is CK2NaO3+. The van der Waals surface area contributed by atoms with E-state index in [1.165, 1.54) is 0 Å². The summed E-state index contributed by atoms with van der Waals surface area (Å²) in [5.41, 5.74) is 0. The van der Waals surface area contributed by atoms with Crippen LogP contribution in [0.25, 0.3) is 0 Å². The fourth-order valence-electron chi connectivity index (χ4n) is 0. The third kappa shape index (κ3) is 43.3. The van der Waals surface area contributed by atoms with Crippen molar-refractivity contribution < 1.29 is 147 Å². The number of carboxylic acid groups (broad SMARTS) is 2. The van der Waals surface area contributed by atoms with Crippen LogP contribution < -0.4 is 143 Å². The van der Waals surface area contributed by atoms with E-state index < -0.39 is 6.16 Å². The Hall–Kier alpha value is 3.54. The molecule has 0 amide bonds. The van der Waals surface area contributed by atoms with Crippen molar-refractivity contribution in [3.05, 3.63) is 0 Å². The van der Waals surface area contributed by atoms with Crippen LogP contribution in [0, 0.1) is 0 Å². The van der Waals surface area contributed by atoms with Crippen LogP contribution in [0.15, 0.2) is 0 Å². The van der Waals surface area contributed by atoms with E-state index in [9.17, 15) is 0 Å². The van der Waals surface area contributed by atoms with Crippen LogP contribution in [0.5, 0.6) is 0 Å². The first-order valence-electron chi connectivity index (χ1n) is 0.612. The average molecular weight is 161 g/mol. The van der Waals surface area contributed by atoms with Gasteiger partial charge in [-0.2, -0.15) is 0 Å². The summed E-state index contributed by atoms with van der Waals surface area (Å²) in [5, 5.41) is 16.7. The molecule has 0 saturated heterocycles. The molecule has 0 heterocycles. The van der Waals surface area contributed by atoms with Gasteiger partial charge in [-0.1, -0.05) is 0 Å². The van der Waals surface area contributed by atoms with Crippen LogP contribution in [0.2, 0.25) is 0 Å². The summed E-state index contributed by atoms with van der Waals surface area (Å²) in [6.07, 6.45) is -2.33. The molecule has 0 bridgehead atoms. The second-order valence-electron chi connectivity index (χ2n) is 0.250. The topological polar surface area (TPSA) is 63.2 Å². The molecule has 0 unspecified atom stereocenters. The Bertz CT molecular complexity index is 35.9. The van der Waals surface area contributed by atoms with Gasteiger partial charge in [0.05, 0.1) is 0 Å². The van der Waals surface area contributed by atoms with Crippen LogP contribution in [-0.2, 0) is 0 Å². The maximum atomic E-state index is 8.33. The minimum Gasteiger partial charge on any atom is -0.652 e. The second kappa shape index (κ2) is 16.3. The van der Waals surface area contributed by atoms with E-state index in [0.717, 1.165) is 0 Å². The van der Waals surface area contributed by atoms with E-state index in [4.69, 9.17) is 15.0 Å². The largest absolute Gasteiger partial charge is 1.00 e. The van der Waals surface area contributed by atoms with Crippen molar-refractivity contribution in [2.24, 2.45) is 0 Å². The predicted molar refractivity (Wildman–Crippen MR) is 5.40 cm³/mol. The van der Waals surface area contributed by atoms with Gasteiger partial charge in [0.15, 0.2) is 0 Å². The molecular weight excluding hydrogens is 161 g/mol. The molecule has 0 aromatic carbocycles. The van der Waals surface area contributed by atoms with Crippen LogP contribution in [0.3, 0.4) is 0 Å². The molecule has 0 rings (SSSR count). The Morgan fingerprint density at radius 2 is 1.14 bits per heavy atom. The zero-order valence-electron chi connectivity index (χ0n) is 4.72. The molecule has 0 spiro atoms. The van der Waals surface area contributed by atoms with Crippen molar-refractivity contribution >= 4 is 6.16 Å². The van der Waals surface area contributed by atoms with Gasteiger partial charge in [0.25, 0.3) is 0 Å². The smallest absolute Gasteiger partial charge is 0.652 e. The van der Waals surface area contributed by atoms with Gasteiger partial charge in [-0.05, 0) is 6.16 Å². The number of rotatable bonds is 0. The molecule has 0 aliphatic carbocycles. The average Bonchev–Trinajstić information content (AvgIpc) is 0.811. The van der Waals surface area contributed by atoms with Crippen molar-refractivity contribution in [2.45, 2.75) is 0 Å². The van der Waals surface area contributed by atoms with Gasteiger partial charge in [0.2, 0.25) is 0 Å². The van der Waals surface area contributed by atoms with Gasteiger partial charge in [-0.25, -0.2) is 0 Å². The summed E-state index contributed by atoms with van der Waals surface area (Å²) >= 11 is 0.